The van der Waals surface area contributed by atoms with Gasteiger partial charge in [-0.1, -0.05) is 30.3 Å². The molecule has 2 aromatic heterocycles. The van der Waals surface area contributed by atoms with E-state index in [1.807, 2.05) is 48.0 Å². The van der Waals surface area contributed by atoms with Gasteiger partial charge in [0.1, 0.15) is 5.01 Å². The Balaban J connectivity index is 1.45. The van der Waals surface area contributed by atoms with Crippen LogP contribution in [0, 0.1) is 10.1 Å². The van der Waals surface area contributed by atoms with Gasteiger partial charge < -0.3 is 0 Å². The fraction of sp³-hybridized carbons (Fsp3) is 0.0500. The minimum Gasteiger partial charge on any atom is -0.258 e. The van der Waals surface area contributed by atoms with Gasteiger partial charge >= 0.3 is 0 Å². The topological polar surface area (TPSA) is 93.3 Å². The van der Waals surface area contributed by atoms with E-state index in [0.29, 0.717) is 5.13 Å². The van der Waals surface area contributed by atoms with E-state index in [4.69, 9.17) is 0 Å². The summed E-state index contributed by atoms with van der Waals surface area (Å²) in [5.74, 6) is 0. The van der Waals surface area contributed by atoms with Crippen LogP contribution < -0.4 is 5.43 Å². The molecule has 9 heteroatoms. The Hall–Kier alpha value is -3.43. The molecule has 0 bridgehead atoms. The minimum atomic E-state index is -0.420. The van der Waals surface area contributed by atoms with E-state index in [1.54, 1.807) is 23.5 Å². The molecular weight excluding hydrogens is 406 g/mol. The number of nitrogens with zero attached hydrogens (tertiary/aromatic N) is 4. The van der Waals surface area contributed by atoms with Gasteiger partial charge in [-0.3, -0.25) is 15.5 Å². The van der Waals surface area contributed by atoms with E-state index in [9.17, 15) is 10.1 Å². The molecule has 144 valence electrons. The average molecular weight is 422 g/mol. The van der Waals surface area contributed by atoms with Gasteiger partial charge in [-0.05, 0) is 19.1 Å². The van der Waals surface area contributed by atoms with Crippen molar-refractivity contribution in [2.75, 3.05) is 5.43 Å². The molecule has 0 atom stereocenters. The SMILES string of the molecule is CC(=NNc1nc(-c2ccc([N+](=O)[O-])cc2)cs1)c1csc(-c2ccccc2)n1. The maximum Gasteiger partial charge on any atom is 0.269 e. The zero-order chi connectivity index (χ0) is 20.2. The largest absolute Gasteiger partial charge is 0.269 e. The van der Waals surface area contributed by atoms with E-state index in [1.165, 1.54) is 23.5 Å². The van der Waals surface area contributed by atoms with Crippen LogP contribution in [-0.2, 0) is 0 Å². The lowest BCUT2D eigenvalue weighted by Gasteiger charge is -1.98. The fourth-order valence-corrected chi connectivity index (χ4v) is 4.08. The standard InChI is InChI=1S/C20H15N5O2S2/c1-13(17-11-28-19(21-17)15-5-3-2-4-6-15)23-24-20-22-18(12-29-20)14-7-9-16(10-8-14)25(26)27/h2-12H,1H3,(H,22,24). The highest BCUT2D eigenvalue weighted by Gasteiger charge is 2.09. The third-order valence-corrected chi connectivity index (χ3v) is 5.73. The smallest absolute Gasteiger partial charge is 0.258 e. The highest BCUT2D eigenvalue weighted by Crippen LogP contribution is 2.27. The normalized spacial score (nSPS) is 11.4. The van der Waals surface area contributed by atoms with Gasteiger partial charge in [-0.15, -0.1) is 22.7 Å². The number of nitro benzene ring substituents is 1. The van der Waals surface area contributed by atoms with E-state index < -0.39 is 4.92 Å². The number of benzene rings is 2. The zero-order valence-electron chi connectivity index (χ0n) is 15.3. The molecular formula is C20H15N5O2S2. The Kier molecular flexibility index (Phi) is 5.41. The predicted octanol–water partition coefficient (Wildman–Crippen LogP) is 5.68. The molecule has 1 N–H and O–H groups in total. The Morgan fingerprint density at radius 3 is 2.48 bits per heavy atom. The number of hydrogen-bond donors (Lipinski definition) is 1. The first-order valence-corrected chi connectivity index (χ1v) is 10.4. The van der Waals surface area contributed by atoms with Crippen molar-refractivity contribution in [2.24, 2.45) is 5.10 Å². The first-order valence-electron chi connectivity index (χ1n) is 8.62. The number of thiazole rings is 2. The molecule has 0 radical (unpaired) electrons. The molecule has 0 unspecified atom stereocenters. The third kappa shape index (κ3) is 4.36. The number of nitrogens with one attached hydrogen (secondary N) is 1. The second kappa shape index (κ2) is 8.29. The summed E-state index contributed by atoms with van der Waals surface area (Å²) in [4.78, 5) is 19.5. The summed E-state index contributed by atoms with van der Waals surface area (Å²) < 4.78 is 0. The van der Waals surface area contributed by atoms with Crippen LogP contribution in [0.3, 0.4) is 0 Å². The van der Waals surface area contributed by atoms with Crippen molar-refractivity contribution in [3.8, 4) is 21.8 Å². The van der Waals surface area contributed by atoms with Crippen molar-refractivity contribution in [3.05, 3.63) is 81.2 Å². The molecule has 0 aliphatic rings. The van der Waals surface area contributed by atoms with Crippen LogP contribution in [0.4, 0.5) is 10.8 Å². The summed E-state index contributed by atoms with van der Waals surface area (Å²) >= 11 is 2.99. The second-order valence-electron chi connectivity index (χ2n) is 6.05. The molecule has 0 fully saturated rings. The molecule has 0 saturated carbocycles. The number of non-ortho nitro benzene ring substituents is 1. The minimum absolute atomic E-state index is 0.0562. The molecule has 0 amide bonds. The lowest BCUT2D eigenvalue weighted by atomic mass is 10.1. The van der Waals surface area contributed by atoms with Gasteiger partial charge in [0, 0.05) is 34.0 Å². The number of aromatic nitrogens is 2. The Labute approximate surface area is 174 Å². The van der Waals surface area contributed by atoms with Crippen molar-refractivity contribution >= 4 is 39.2 Å². The summed E-state index contributed by atoms with van der Waals surface area (Å²) in [6.45, 7) is 1.89. The predicted molar refractivity (Wildman–Crippen MR) is 118 cm³/mol. The van der Waals surface area contributed by atoms with E-state index in [-0.39, 0.29) is 5.69 Å². The number of nitro groups is 1. The molecule has 0 spiro atoms. The van der Waals surface area contributed by atoms with E-state index in [2.05, 4.69) is 20.5 Å². The van der Waals surface area contributed by atoms with Gasteiger partial charge in [-0.2, -0.15) is 5.10 Å². The molecule has 0 saturated heterocycles. The van der Waals surface area contributed by atoms with Crippen LogP contribution in [-0.4, -0.2) is 20.6 Å². The van der Waals surface area contributed by atoms with Crippen LogP contribution in [0.1, 0.15) is 12.6 Å². The van der Waals surface area contributed by atoms with Gasteiger partial charge in [0.25, 0.3) is 5.69 Å². The highest BCUT2D eigenvalue weighted by molar-refractivity contribution is 7.14. The Bertz CT molecular complexity index is 1170. The average Bonchev–Trinajstić information content (AvgIpc) is 3.43. The lowest BCUT2D eigenvalue weighted by Crippen LogP contribution is -2.00. The second-order valence-corrected chi connectivity index (χ2v) is 7.77. The van der Waals surface area contributed by atoms with E-state index in [0.717, 1.165) is 33.2 Å². The molecule has 2 heterocycles. The lowest BCUT2D eigenvalue weighted by molar-refractivity contribution is -0.384. The van der Waals surface area contributed by atoms with Crippen LogP contribution in [0.25, 0.3) is 21.8 Å². The number of rotatable bonds is 6. The van der Waals surface area contributed by atoms with Gasteiger partial charge in [-0.25, -0.2) is 9.97 Å². The first-order chi connectivity index (χ1) is 14.1. The summed E-state index contributed by atoms with van der Waals surface area (Å²) in [7, 11) is 0. The van der Waals surface area contributed by atoms with E-state index >= 15 is 0 Å². The van der Waals surface area contributed by atoms with Crippen LogP contribution in [0.5, 0.6) is 0 Å². The van der Waals surface area contributed by atoms with Crippen molar-refractivity contribution < 1.29 is 4.92 Å². The third-order valence-electron chi connectivity index (χ3n) is 4.09. The van der Waals surface area contributed by atoms with Gasteiger partial charge in [0.15, 0.2) is 0 Å². The molecule has 7 nitrogen and oxygen atoms in total. The van der Waals surface area contributed by atoms with Gasteiger partial charge in [0.2, 0.25) is 5.13 Å². The highest BCUT2D eigenvalue weighted by atomic mass is 32.1. The summed E-state index contributed by atoms with van der Waals surface area (Å²) in [5, 5.41) is 20.6. The zero-order valence-corrected chi connectivity index (χ0v) is 16.9. The molecule has 0 aliphatic carbocycles. The van der Waals surface area contributed by atoms with Crippen LogP contribution in [0.2, 0.25) is 0 Å². The summed E-state index contributed by atoms with van der Waals surface area (Å²) in [6, 6.07) is 16.3. The molecule has 4 rings (SSSR count). The van der Waals surface area contributed by atoms with Gasteiger partial charge in [0.05, 0.1) is 22.0 Å². The van der Waals surface area contributed by atoms with Crippen LogP contribution in [0.15, 0.2) is 70.5 Å². The Morgan fingerprint density at radius 1 is 1.00 bits per heavy atom. The van der Waals surface area contributed by atoms with Crippen molar-refractivity contribution in [1.29, 1.82) is 0 Å². The van der Waals surface area contributed by atoms with Crippen LogP contribution >= 0.6 is 22.7 Å². The summed E-state index contributed by atoms with van der Waals surface area (Å²) in [6.07, 6.45) is 0. The van der Waals surface area contributed by atoms with Crippen molar-refractivity contribution in [3.63, 3.8) is 0 Å². The van der Waals surface area contributed by atoms with Crippen molar-refractivity contribution in [2.45, 2.75) is 6.92 Å². The molecule has 2 aromatic carbocycles. The quantitative estimate of drug-likeness (QED) is 0.246. The maximum absolute atomic E-state index is 10.8. The van der Waals surface area contributed by atoms with Crippen molar-refractivity contribution in [1.82, 2.24) is 9.97 Å². The summed E-state index contributed by atoms with van der Waals surface area (Å²) in [5.41, 5.74) is 7.22. The maximum atomic E-state index is 10.8. The number of anilines is 1. The number of hydrogen-bond acceptors (Lipinski definition) is 8. The molecule has 0 aliphatic heterocycles. The molecule has 4 aromatic rings. The number of hydrazone groups is 1. The molecule has 29 heavy (non-hydrogen) atoms. The monoisotopic (exact) mass is 421 g/mol. The first kappa shape index (κ1) is 18.9. The Morgan fingerprint density at radius 2 is 1.76 bits per heavy atom. The fourth-order valence-electron chi connectivity index (χ4n) is 2.55.